The maximum Gasteiger partial charge on any atom is 0.301 e. The van der Waals surface area contributed by atoms with Crippen molar-refractivity contribution in [2.75, 3.05) is 0 Å². The lowest BCUT2D eigenvalue weighted by Gasteiger charge is -1.99. The molecule has 2 aromatic heterocycles. The molecule has 0 saturated heterocycles. The molecule has 0 amide bonds. The van der Waals surface area contributed by atoms with E-state index in [1.54, 1.807) is 25.3 Å². The first-order chi connectivity index (χ1) is 14.8. The number of azo groups is 1. The van der Waals surface area contributed by atoms with Gasteiger partial charge < -0.3 is 0 Å². The Bertz CT molecular complexity index is 1380. The normalized spacial score (nSPS) is 11.3. The van der Waals surface area contributed by atoms with Crippen LogP contribution in [0.15, 0.2) is 63.7 Å². The van der Waals surface area contributed by atoms with E-state index in [2.05, 4.69) is 20.3 Å². The minimum absolute atomic E-state index is 0.00512. The Morgan fingerprint density at radius 1 is 1.13 bits per heavy atom. The van der Waals surface area contributed by atoms with Crippen LogP contribution in [0.3, 0.4) is 0 Å². The second-order valence-electron chi connectivity index (χ2n) is 7.03. The van der Waals surface area contributed by atoms with Crippen LogP contribution in [0.1, 0.15) is 16.8 Å². The molecule has 0 aliphatic heterocycles. The van der Waals surface area contributed by atoms with Crippen LogP contribution in [0.25, 0.3) is 15.6 Å². The molecule has 10 heteroatoms. The van der Waals surface area contributed by atoms with E-state index in [1.807, 2.05) is 32.0 Å². The first-order valence-electron chi connectivity index (χ1n) is 9.35. The van der Waals surface area contributed by atoms with Crippen LogP contribution >= 0.6 is 11.3 Å². The van der Waals surface area contributed by atoms with Crippen LogP contribution in [-0.4, -0.2) is 19.7 Å². The van der Waals surface area contributed by atoms with Crippen molar-refractivity contribution in [3.63, 3.8) is 0 Å². The molecule has 0 saturated carbocycles. The maximum atomic E-state index is 12.9. The van der Waals surface area contributed by atoms with E-state index in [1.165, 1.54) is 28.2 Å². The van der Waals surface area contributed by atoms with E-state index in [0.29, 0.717) is 27.0 Å². The Hall–Kier alpha value is -3.92. The maximum absolute atomic E-state index is 12.9. The lowest BCUT2D eigenvalue weighted by molar-refractivity contribution is -0.384. The number of nitro benzene ring substituents is 1. The van der Waals surface area contributed by atoms with Gasteiger partial charge in [-0.1, -0.05) is 35.6 Å². The molecule has 0 fully saturated rings. The minimum atomic E-state index is -0.447. The van der Waals surface area contributed by atoms with Gasteiger partial charge >= 0.3 is 5.56 Å². The van der Waals surface area contributed by atoms with Crippen LogP contribution in [-0.2, 0) is 0 Å². The molecule has 0 unspecified atom stereocenters. The number of rotatable bonds is 5. The standard InChI is InChI=1S/C21H18N6O3S/c1-12-7-8-13(2)17(9-12)23-24-19-14(3)25-26(20(19)28)21-22-11-18(31-21)15-5-4-6-16(10-15)27(29)30/h4-11,25H,1-3H3. The number of aromatic amines is 1. The summed E-state index contributed by atoms with van der Waals surface area (Å²) < 4.78 is 1.30. The van der Waals surface area contributed by atoms with Crippen molar-refractivity contribution in [3.05, 3.63) is 86.0 Å². The topological polar surface area (TPSA) is 119 Å². The van der Waals surface area contributed by atoms with Crippen molar-refractivity contribution in [2.45, 2.75) is 20.8 Å². The Labute approximate surface area is 180 Å². The van der Waals surface area contributed by atoms with Gasteiger partial charge in [-0.15, -0.1) is 5.11 Å². The molecule has 0 aliphatic rings. The predicted octanol–water partition coefficient (Wildman–Crippen LogP) is 5.54. The molecular formula is C21H18N6O3S. The third-order valence-corrected chi connectivity index (χ3v) is 5.72. The number of aryl methyl sites for hydroxylation is 3. The van der Waals surface area contributed by atoms with Gasteiger partial charge in [0, 0.05) is 23.9 Å². The van der Waals surface area contributed by atoms with Crippen molar-refractivity contribution < 1.29 is 4.92 Å². The van der Waals surface area contributed by atoms with Gasteiger partial charge in [-0.25, -0.2) is 4.98 Å². The monoisotopic (exact) mass is 434 g/mol. The molecule has 0 radical (unpaired) electrons. The largest absolute Gasteiger partial charge is 0.301 e. The van der Waals surface area contributed by atoms with Crippen LogP contribution in [0.5, 0.6) is 0 Å². The van der Waals surface area contributed by atoms with E-state index >= 15 is 0 Å². The van der Waals surface area contributed by atoms with Crippen molar-refractivity contribution >= 4 is 28.4 Å². The average molecular weight is 434 g/mol. The van der Waals surface area contributed by atoms with Crippen LogP contribution < -0.4 is 5.56 Å². The second-order valence-corrected chi connectivity index (χ2v) is 8.04. The molecule has 156 valence electrons. The lowest BCUT2D eigenvalue weighted by atomic mass is 10.1. The summed E-state index contributed by atoms with van der Waals surface area (Å²) in [4.78, 5) is 28.5. The first-order valence-corrected chi connectivity index (χ1v) is 10.2. The fourth-order valence-electron chi connectivity index (χ4n) is 3.00. The zero-order chi connectivity index (χ0) is 22.1. The van der Waals surface area contributed by atoms with Crippen LogP contribution in [0, 0.1) is 30.9 Å². The summed E-state index contributed by atoms with van der Waals surface area (Å²) in [5.41, 5.74) is 3.77. The number of non-ortho nitro benzene ring substituents is 1. The van der Waals surface area contributed by atoms with Crippen molar-refractivity contribution in [1.82, 2.24) is 14.8 Å². The Morgan fingerprint density at radius 2 is 1.94 bits per heavy atom. The van der Waals surface area contributed by atoms with Gasteiger partial charge in [-0.3, -0.25) is 20.0 Å². The third-order valence-electron chi connectivity index (χ3n) is 4.69. The molecule has 1 N–H and O–H groups in total. The number of nitrogens with zero attached hydrogens (tertiary/aromatic N) is 5. The highest BCUT2D eigenvalue weighted by molar-refractivity contribution is 7.17. The van der Waals surface area contributed by atoms with E-state index < -0.39 is 4.92 Å². The molecule has 2 heterocycles. The Morgan fingerprint density at radius 3 is 2.71 bits per heavy atom. The summed E-state index contributed by atoms with van der Waals surface area (Å²) in [5.74, 6) is 0. The highest BCUT2D eigenvalue weighted by Gasteiger charge is 2.16. The SMILES string of the molecule is Cc1ccc(C)c(N=Nc2c(C)[nH]n(-c3ncc(-c4cccc([N+](=O)[O-])c4)s3)c2=O)c1. The molecule has 0 atom stereocenters. The highest BCUT2D eigenvalue weighted by atomic mass is 32.1. The van der Waals surface area contributed by atoms with E-state index in [9.17, 15) is 14.9 Å². The summed E-state index contributed by atoms with van der Waals surface area (Å²) in [6, 6.07) is 12.1. The van der Waals surface area contributed by atoms with Gasteiger partial charge in [0.1, 0.15) is 0 Å². The van der Waals surface area contributed by atoms with Crippen molar-refractivity contribution in [3.8, 4) is 15.6 Å². The molecule has 0 bridgehead atoms. The summed E-state index contributed by atoms with van der Waals surface area (Å²) in [5, 5.41) is 22.8. The molecule has 31 heavy (non-hydrogen) atoms. The smallest absolute Gasteiger partial charge is 0.291 e. The molecule has 2 aromatic carbocycles. The number of nitrogens with one attached hydrogen (secondary N) is 1. The lowest BCUT2D eigenvalue weighted by Crippen LogP contribution is -2.13. The quantitative estimate of drug-likeness (QED) is 0.252. The second kappa shape index (κ2) is 8.07. The minimum Gasteiger partial charge on any atom is -0.291 e. The molecule has 4 rings (SSSR count). The molecule has 4 aromatic rings. The van der Waals surface area contributed by atoms with E-state index in [-0.39, 0.29) is 16.9 Å². The number of hydrogen-bond acceptors (Lipinski definition) is 7. The summed E-state index contributed by atoms with van der Waals surface area (Å²) in [6.07, 6.45) is 1.58. The summed E-state index contributed by atoms with van der Waals surface area (Å²) in [6.45, 7) is 5.64. The van der Waals surface area contributed by atoms with E-state index in [4.69, 9.17) is 0 Å². The van der Waals surface area contributed by atoms with Gasteiger partial charge in [-0.05, 0) is 38.0 Å². The number of benzene rings is 2. The molecule has 0 aliphatic carbocycles. The molecule has 0 spiro atoms. The first kappa shape index (κ1) is 20.4. The number of thiazole rings is 1. The zero-order valence-corrected chi connectivity index (χ0v) is 17.8. The number of hydrogen-bond donors (Lipinski definition) is 1. The fourth-order valence-corrected chi connectivity index (χ4v) is 3.87. The van der Waals surface area contributed by atoms with Gasteiger partial charge in [0.05, 0.1) is 21.2 Å². The zero-order valence-electron chi connectivity index (χ0n) is 17.0. The average Bonchev–Trinajstić information content (AvgIpc) is 3.34. The number of aromatic nitrogens is 3. The van der Waals surface area contributed by atoms with Gasteiger partial charge in [0.15, 0.2) is 5.69 Å². The Balaban J connectivity index is 1.68. The van der Waals surface area contributed by atoms with Gasteiger partial charge in [0.2, 0.25) is 5.13 Å². The summed E-state index contributed by atoms with van der Waals surface area (Å²) >= 11 is 1.24. The van der Waals surface area contributed by atoms with Gasteiger partial charge in [0.25, 0.3) is 5.69 Å². The van der Waals surface area contributed by atoms with Crippen LogP contribution in [0.4, 0.5) is 17.1 Å². The molecule has 9 nitrogen and oxygen atoms in total. The van der Waals surface area contributed by atoms with Gasteiger partial charge in [-0.2, -0.15) is 9.80 Å². The van der Waals surface area contributed by atoms with E-state index in [0.717, 1.165) is 11.1 Å². The van der Waals surface area contributed by atoms with Crippen molar-refractivity contribution in [1.29, 1.82) is 0 Å². The van der Waals surface area contributed by atoms with Crippen molar-refractivity contribution in [2.24, 2.45) is 10.2 Å². The number of H-pyrrole nitrogens is 1. The third kappa shape index (κ3) is 4.05. The number of nitro groups is 1. The predicted molar refractivity (Wildman–Crippen MR) is 119 cm³/mol. The fraction of sp³-hybridized carbons (Fsp3) is 0.143. The Kier molecular flexibility index (Phi) is 5.30. The summed E-state index contributed by atoms with van der Waals surface area (Å²) in [7, 11) is 0. The van der Waals surface area contributed by atoms with Crippen LogP contribution in [0.2, 0.25) is 0 Å². The highest BCUT2D eigenvalue weighted by Crippen LogP contribution is 2.30. The molecular weight excluding hydrogens is 416 g/mol.